The van der Waals surface area contributed by atoms with Crippen molar-refractivity contribution in [1.29, 1.82) is 0 Å². The maximum atomic E-state index is 12.6. The second-order valence-corrected chi connectivity index (χ2v) is 6.14. The number of piperidine rings is 1. The molecule has 2 amide bonds. The fourth-order valence-electron chi connectivity index (χ4n) is 2.56. The molecule has 0 unspecified atom stereocenters. The van der Waals surface area contributed by atoms with Gasteiger partial charge in [-0.25, -0.2) is 4.79 Å². The number of nitrogens with zero attached hydrogens (tertiary/aromatic N) is 2. The Labute approximate surface area is 129 Å². The Morgan fingerprint density at radius 1 is 1.32 bits per heavy atom. The first kappa shape index (κ1) is 15.1. The number of nitrogens with one attached hydrogen (secondary N) is 1. The lowest BCUT2D eigenvalue weighted by molar-refractivity contribution is -0.183. The normalized spacial score (nSPS) is 17.0. The highest BCUT2D eigenvalue weighted by Gasteiger charge is 2.41. The standard InChI is InChI=1S/C14H14F3N3OS/c15-14(16,17)10-3-5-20(6-4-10)13(21)19-11-1-2-12-9(7-11)8-18-22-12/h1-2,7-8,10H,3-6H2,(H,19,21). The van der Waals surface area contributed by atoms with Gasteiger partial charge in [0.1, 0.15) is 0 Å². The molecule has 0 saturated carbocycles. The number of hydrogen-bond acceptors (Lipinski definition) is 3. The number of benzene rings is 1. The van der Waals surface area contributed by atoms with Crippen LogP contribution in [0.15, 0.2) is 24.4 Å². The number of anilines is 1. The SMILES string of the molecule is O=C(Nc1ccc2sncc2c1)N1CCC(C(F)(F)F)CC1. The number of alkyl halides is 3. The molecule has 1 N–H and O–H groups in total. The Hall–Kier alpha value is -1.83. The Morgan fingerprint density at radius 3 is 2.73 bits per heavy atom. The molecular formula is C14H14F3N3OS. The number of rotatable bonds is 1. The summed E-state index contributed by atoms with van der Waals surface area (Å²) in [4.78, 5) is 13.5. The first-order valence-electron chi connectivity index (χ1n) is 6.90. The lowest BCUT2D eigenvalue weighted by Crippen LogP contribution is -2.43. The highest BCUT2D eigenvalue weighted by Crippen LogP contribution is 2.34. The summed E-state index contributed by atoms with van der Waals surface area (Å²) < 4.78 is 42.9. The molecule has 0 spiro atoms. The molecule has 1 fully saturated rings. The average Bonchev–Trinajstić information content (AvgIpc) is 2.94. The molecule has 0 aliphatic carbocycles. The minimum Gasteiger partial charge on any atom is -0.325 e. The van der Waals surface area contributed by atoms with Crippen LogP contribution in [-0.4, -0.2) is 34.6 Å². The van der Waals surface area contributed by atoms with Gasteiger partial charge in [0.25, 0.3) is 0 Å². The molecule has 22 heavy (non-hydrogen) atoms. The van der Waals surface area contributed by atoms with Gasteiger partial charge in [0.05, 0.1) is 10.6 Å². The monoisotopic (exact) mass is 329 g/mol. The fourth-order valence-corrected chi connectivity index (χ4v) is 3.19. The van der Waals surface area contributed by atoms with Gasteiger partial charge in [-0.3, -0.25) is 0 Å². The van der Waals surface area contributed by atoms with E-state index in [-0.39, 0.29) is 32.0 Å². The van der Waals surface area contributed by atoms with Crippen LogP contribution in [-0.2, 0) is 0 Å². The topological polar surface area (TPSA) is 45.2 Å². The zero-order valence-corrected chi connectivity index (χ0v) is 12.4. The van der Waals surface area contributed by atoms with Crippen molar-refractivity contribution in [2.45, 2.75) is 19.0 Å². The van der Waals surface area contributed by atoms with Crippen LogP contribution in [0.4, 0.5) is 23.7 Å². The molecule has 2 heterocycles. The van der Waals surface area contributed by atoms with Gasteiger partial charge in [-0.1, -0.05) is 0 Å². The van der Waals surface area contributed by atoms with Crippen molar-refractivity contribution in [3.63, 3.8) is 0 Å². The van der Waals surface area contributed by atoms with Crippen molar-refractivity contribution >= 4 is 33.3 Å². The molecule has 8 heteroatoms. The zero-order valence-electron chi connectivity index (χ0n) is 11.6. The van der Waals surface area contributed by atoms with E-state index in [1.165, 1.54) is 16.4 Å². The summed E-state index contributed by atoms with van der Waals surface area (Å²) in [6.45, 7) is 0.247. The molecule has 0 radical (unpaired) electrons. The molecular weight excluding hydrogens is 315 g/mol. The van der Waals surface area contributed by atoms with Crippen LogP contribution >= 0.6 is 11.5 Å². The van der Waals surface area contributed by atoms with E-state index in [9.17, 15) is 18.0 Å². The highest BCUT2D eigenvalue weighted by molar-refractivity contribution is 7.13. The lowest BCUT2D eigenvalue weighted by atomic mass is 9.96. The summed E-state index contributed by atoms with van der Waals surface area (Å²) in [6.07, 6.45) is -2.53. The summed E-state index contributed by atoms with van der Waals surface area (Å²) in [6, 6.07) is 5.07. The highest BCUT2D eigenvalue weighted by atomic mass is 32.1. The van der Waals surface area contributed by atoms with E-state index in [0.29, 0.717) is 5.69 Å². The number of urea groups is 1. The van der Waals surface area contributed by atoms with Crippen molar-refractivity contribution in [2.24, 2.45) is 5.92 Å². The fraction of sp³-hybridized carbons (Fsp3) is 0.429. The summed E-state index contributed by atoms with van der Waals surface area (Å²) >= 11 is 1.37. The summed E-state index contributed by atoms with van der Waals surface area (Å²) in [5.41, 5.74) is 0.621. The van der Waals surface area contributed by atoms with E-state index in [2.05, 4.69) is 9.69 Å². The number of carbonyl (C=O) groups is 1. The van der Waals surface area contributed by atoms with E-state index in [0.717, 1.165) is 10.1 Å². The first-order chi connectivity index (χ1) is 10.4. The summed E-state index contributed by atoms with van der Waals surface area (Å²) in [5, 5.41) is 3.66. The quantitative estimate of drug-likeness (QED) is 0.856. The lowest BCUT2D eigenvalue weighted by Gasteiger charge is -2.32. The van der Waals surface area contributed by atoms with E-state index in [1.807, 2.05) is 6.07 Å². The number of carbonyl (C=O) groups excluding carboxylic acids is 1. The molecule has 2 aromatic rings. The van der Waals surface area contributed by atoms with Crippen molar-refractivity contribution < 1.29 is 18.0 Å². The second-order valence-electron chi connectivity index (χ2n) is 5.31. The third kappa shape index (κ3) is 3.16. The van der Waals surface area contributed by atoms with Crippen LogP contribution in [0.5, 0.6) is 0 Å². The van der Waals surface area contributed by atoms with Gasteiger partial charge < -0.3 is 10.2 Å². The Kier molecular flexibility index (Phi) is 3.94. The number of halogens is 3. The van der Waals surface area contributed by atoms with E-state index >= 15 is 0 Å². The molecule has 0 bridgehead atoms. The van der Waals surface area contributed by atoms with Gasteiger partial charge in [-0.2, -0.15) is 17.5 Å². The minimum atomic E-state index is -4.17. The van der Waals surface area contributed by atoms with Crippen LogP contribution in [0.3, 0.4) is 0 Å². The maximum absolute atomic E-state index is 12.6. The van der Waals surface area contributed by atoms with E-state index < -0.39 is 12.1 Å². The largest absolute Gasteiger partial charge is 0.391 e. The molecule has 1 saturated heterocycles. The van der Waals surface area contributed by atoms with Crippen LogP contribution in [0.2, 0.25) is 0 Å². The Bertz CT molecular complexity index is 677. The Morgan fingerprint density at radius 2 is 2.05 bits per heavy atom. The maximum Gasteiger partial charge on any atom is 0.391 e. The summed E-state index contributed by atoms with van der Waals surface area (Å²) in [7, 11) is 0. The number of hydrogen-bond donors (Lipinski definition) is 1. The molecule has 1 aromatic heterocycles. The molecule has 1 aliphatic heterocycles. The van der Waals surface area contributed by atoms with Crippen LogP contribution in [0, 0.1) is 5.92 Å². The number of fused-ring (bicyclic) bond motifs is 1. The number of amides is 2. The molecule has 1 aliphatic rings. The summed E-state index contributed by atoms with van der Waals surface area (Å²) in [5.74, 6) is -1.30. The predicted octanol–water partition coefficient (Wildman–Crippen LogP) is 4.10. The zero-order chi connectivity index (χ0) is 15.7. The van der Waals surface area contributed by atoms with E-state index in [4.69, 9.17) is 0 Å². The first-order valence-corrected chi connectivity index (χ1v) is 7.68. The van der Waals surface area contributed by atoms with Crippen molar-refractivity contribution in [3.05, 3.63) is 24.4 Å². The van der Waals surface area contributed by atoms with Gasteiger partial charge >= 0.3 is 12.2 Å². The number of aromatic nitrogens is 1. The average molecular weight is 329 g/mol. The molecule has 118 valence electrons. The Balaban J connectivity index is 1.60. The minimum absolute atomic E-state index is 0.0373. The second kappa shape index (κ2) is 5.75. The van der Waals surface area contributed by atoms with Crippen LogP contribution in [0.1, 0.15) is 12.8 Å². The molecule has 4 nitrogen and oxygen atoms in total. The molecule has 1 aromatic carbocycles. The predicted molar refractivity (Wildman–Crippen MR) is 79.0 cm³/mol. The van der Waals surface area contributed by atoms with Gasteiger partial charge in [-0.05, 0) is 42.6 Å². The van der Waals surface area contributed by atoms with Gasteiger partial charge in [-0.15, -0.1) is 0 Å². The van der Waals surface area contributed by atoms with Crippen molar-refractivity contribution in [2.75, 3.05) is 18.4 Å². The third-order valence-corrected chi connectivity index (χ3v) is 4.63. The van der Waals surface area contributed by atoms with E-state index in [1.54, 1.807) is 18.3 Å². The number of likely N-dealkylation sites (tertiary alicyclic amines) is 1. The van der Waals surface area contributed by atoms with Crippen molar-refractivity contribution in [3.8, 4) is 0 Å². The third-order valence-electron chi connectivity index (χ3n) is 3.85. The smallest absolute Gasteiger partial charge is 0.325 e. The van der Waals surface area contributed by atoms with Crippen molar-refractivity contribution in [1.82, 2.24) is 9.27 Å². The molecule has 3 rings (SSSR count). The van der Waals surface area contributed by atoms with Gasteiger partial charge in [0.2, 0.25) is 0 Å². The molecule has 0 atom stereocenters. The van der Waals surface area contributed by atoms with Gasteiger partial charge in [0.15, 0.2) is 0 Å². The van der Waals surface area contributed by atoms with Crippen LogP contribution < -0.4 is 5.32 Å². The van der Waals surface area contributed by atoms with Crippen LogP contribution in [0.25, 0.3) is 10.1 Å². The van der Waals surface area contributed by atoms with Gasteiger partial charge in [0, 0.05) is 30.4 Å².